The SMILES string of the molecule is CCCOc1ccc([C@@H]2C(C(=O)OCC)=C(CCC)Nc3nc4ccccc4n32)cc1. The van der Waals surface area contributed by atoms with Crippen LogP contribution in [0.15, 0.2) is 59.8 Å². The topological polar surface area (TPSA) is 65.4 Å². The van der Waals surface area contributed by atoms with E-state index in [-0.39, 0.29) is 12.0 Å². The second kappa shape index (κ2) is 9.25. The zero-order valence-electron chi connectivity index (χ0n) is 18.4. The Balaban J connectivity index is 1.89. The highest BCUT2D eigenvalue weighted by Crippen LogP contribution is 2.41. The third kappa shape index (κ3) is 4.02. The molecular weight excluding hydrogens is 390 g/mol. The average molecular weight is 420 g/mol. The van der Waals surface area contributed by atoms with Gasteiger partial charge in [0.25, 0.3) is 0 Å². The molecule has 1 N–H and O–H groups in total. The zero-order valence-corrected chi connectivity index (χ0v) is 18.4. The number of imidazole rings is 1. The number of rotatable bonds is 8. The van der Waals surface area contributed by atoms with Crippen molar-refractivity contribution in [3.05, 3.63) is 65.4 Å². The zero-order chi connectivity index (χ0) is 21.8. The van der Waals surface area contributed by atoms with Crippen LogP contribution in [0, 0.1) is 0 Å². The molecule has 0 fully saturated rings. The number of esters is 1. The van der Waals surface area contributed by atoms with Crippen LogP contribution in [0.4, 0.5) is 5.95 Å². The number of nitrogens with zero attached hydrogens (tertiary/aromatic N) is 2. The number of allylic oxidation sites excluding steroid dienone is 1. The predicted octanol–water partition coefficient (Wildman–Crippen LogP) is 5.46. The Morgan fingerprint density at radius 1 is 1.06 bits per heavy atom. The highest BCUT2D eigenvalue weighted by molar-refractivity contribution is 5.94. The molecule has 0 amide bonds. The fourth-order valence-corrected chi connectivity index (χ4v) is 4.06. The van der Waals surface area contributed by atoms with Crippen molar-refractivity contribution in [3.8, 4) is 5.75 Å². The number of carbonyl (C=O) groups excluding carboxylic acids is 1. The minimum Gasteiger partial charge on any atom is -0.494 e. The van der Waals surface area contributed by atoms with E-state index in [1.165, 1.54) is 0 Å². The van der Waals surface area contributed by atoms with Crippen LogP contribution in [0.5, 0.6) is 5.75 Å². The van der Waals surface area contributed by atoms with Crippen LogP contribution in [-0.4, -0.2) is 28.7 Å². The Kier molecular flexibility index (Phi) is 6.26. The second-order valence-electron chi connectivity index (χ2n) is 7.60. The fraction of sp³-hybridized carbons (Fsp3) is 0.360. The Morgan fingerprint density at radius 2 is 1.84 bits per heavy atom. The summed E-state index contributed by atoms with van der Waals surface area (Å²) in [6, 6.07) is 15.7. The molecule has 31 heavy (non-hydrogen) atoms. The van der Waals surface area contributed by atoms with Gasteiger partial charge in [0.1, 0.15) is 5.75 Å². The first-order valence-corrected chi connectivity index (χ1v) is 11.0. The van der Waals surface area contributed by atoms with Crippen molar-refractivity contribution in [2.75, 3.05) is 18.5 Å². The van der Waals surface area contributed by atoms with Gasteiger partial charge < -0.3 is 14.8 Å². The van der Waals surface area contributed by atoms with Gasteiger partial charge in [-0.2, -0.15) is 0 Å². The number of nitrogens with one attached hydrogen (secondary N) is 1. The summed E-state index contributed by atoms with van der Waals surface area (Å²) >= 11 is 0. The van der Waals surface area contributed by atoms with Crippen molar-refractivity contribution in [1.82, 2.24) is 9.55 Å². The maximum atomic E-state index is 13.2. The number of hydrogen-bond acceptors (Lipinski definition) is 5. The third-order valence-electron chi connectivity index (χ3n) is 5.38. The Bertz CT molecular complexity index is 1100. The Labute approximate surface area is 182 Å². The molecule has 3 aromatic rings. The molecule has 1 atom stereocenters. The molecule has 1 aliphatic rings. The minimum absolute atomic E-state index is 0.293. The Morgan fingerprint density at radius 3 is 2.55 bits per heavy atom. The Hall–Kier alpha value is -3.28. The number of para-hydroxylation sites is 2. The maximum absolute atomic E-state index is 13.2. The van der Waals surface area contributed by atoms with E-state index in [2.05, 4.69) is 23.7 Å². The number of hydrogen-bond donors (Lipinski definition) is 1. The maximum Gasteiger partial charge on any atom is 0.338 e. The van der Waals surface area contributed by atoms with Gasteiger partial charge in [-0.15, -0.1) is 0 Å². The van der Waals surface area contributed by atoms with E-state index in [4.69, 9.17) is 14.5 Å². The smallest absolute Gasteiger partial charge is 0.338 e. The van der Waals surface area contributed by atoms with Gasteiger partial charge in [0, 0.05) is 5.70 Å². The van der Waals surface area contributed by atoms with E-state index in [0.717, 1.165) is 53.3 Å². The van der Waals surface area contributed by atoms with E-state index in [9.17, 15) is 4.79 Å². The third-order valence-corrected chi connectivity index (χ3v) is 5.38. The summed E-state index contributed by atoms with van der Waals surface area (Å²) in [5.74, 6) is 1.28. The number of anilines is 1. The largest absolute Gasteiger partial charge is 0.494 e. The van der Waals surface area contributed by atoms with Crippen LogP contribution in [0.3, 0.4) is 0 Å². The first-order valence-electron chi connectivity index (χ1n) is 11.0. The van der Waals surface area contributed by atoms with Crippen molar-refractivity contribution in [3.63, 3.8) is 0 Å². The van der Waals surface area contributed by atoms with Gasteiger partial charge >= 0.3 is 5.97 Å². The summed E-state index contributed by atoms with van der Waals surface area (Å²) < 4.78 is 13.4. The molecule has 0 spiro atoms. The number of fused-ring (bicyclic) bond motifs is 3. The standard InChI is InChI=1S/C25H29N3O3/c1-4-9-20-22(24(29)30-6-3)23(17-12-14-18(15-13-17)31-16-5-2)28-21-11-8-7-10-19(21)26-25(28)27-20/h7-8,10-15,23H,4-6,9,16H2,1-3H3,(H,26,27)/t23-/m1/s1. The molecule has 162 valence electrons. The van der Waals surface area contributed by atoms with Crippen LogP contribution >= 0.6 is 0 Å². The molecule has 0 saturated heterocycles. The van der Waals surface area contributed by atoms with E-state index in [1.807, 2.05) is 55.5 Å². The average Bonchev–Trinajstić information content (AvgIpc) is 3.15. The molecule has 0 aliphatic carbocycles. The predicted molar refractivity (Wildman–Crippen MR) is 122 cm³/mol. The molecule has 0 saturated carbocycles. The van der Waals surface area contributed by atoms with E-state index in [1.54, 1.807) is 0 Å². The van der Waals surface area contributed by atoms with Crippen molar-refractivity contribution in [2.45, 2.75) is 46.1 Å². The van der Waals surface area contributed by atoms with Crippen molar-refractivity contribution in [1.29, 1.82) is 0 Å². The van der Waals surface area contributed by atoms with Crippen LogP contribution < -0.4 is 10.1 Å². The van der Waals surface area contributed by atoms with Gasteiger partial charge in [-0.25, -0.2) is 9.78 Å². The summed E-state index contributed by atoms with van der Waals surface area (Å²) in [7, 11) is 0. The van der Waals surface area contributed by atoms with Crippen LogP contribution in [0.1, 0.15) is 51.6 Å². The van der Waals surface area contributed by atoms with Crippen molar-refractivity contribution in [2.24, 2.45) is 0 Å². The molecule has 1 aliphatic heterocycles. The summed E-state index contributed by atoms with van der Waals surface area (Å²) in [5.41, 5.74) is 4.37. The number of carbonyl (C=O) groups is 1. The molecule has 0 unspecified atom stereocenters. The second-order valence-corrected chi connectivity index (χ2v) is 7.60. The van der Waals surface area contributed by atoms with Gasteiger partial charge in [-0.05, 0) is 49.6 Å². The number of benzene rings is 2. The molecule has 2 aromatic carbocycles. The molecular formula is C25H29N3O3. The lowest BCUT2D eigenvalue weighted by atomic mass is 9.93. The highest BCUT2D eigenvalue weighted by Gasteiger charge is 2.35. The van der Waals surface area contributed by atoms with Gasteiger partial charge in [-0.1, -0.05) is 44.5 Å². The lowest BCUT2D eigenvalue weighted by Gasteiger charge is -2.31. The van der Waals surface area contributed by atoms with E-state index < -0.39 is 0 Å². The quantitative estimate of drug-likeness (QED) is 0.491. The van der Waals surface area contributed by atoms with Crippen LogP contribution in [-0.2, 0) is 9.53 Å². The lowest BCUT2D eigenvalue weighted by molar-refractivity contribution is -0.139. The molecule has 0 radical (unpaired) electrons. The van der Waals surface area contributed by atoms with Gasteiger partial charge in [0.2, 0.25) is 5.95 Å². The molecule has 6 heteroatoms. The lowest BCUT2D eigenvalue weighted by Crippen LogP contribution is -2.29. The molecule has 0 bridgehead atoms. The number of ether oxygens (including phenoxy) is 2. The van der Waals surface area contributed by atoms with Crippen LogP contribution in [0.25, 0.3) is 11.0 Å². The molecule has 4 rings (SSSR count). The monoisotopic (exact) mass is 419 g/mol. The normalized spacial score (nSPS) is 15.5. The van der Waals surface area contributed by atoms with E-state index >= 15 is 0 Å². The fourth-order valence-electron chi connectivity index (χ4n) is 4.06. The molecule has 2 heterocycles. The summed E-state index contributed by atoms with van der Waals surface area (Å²) in [6.45, 7) is 7.03. The van der Waals surface area contributed by atoms with Crippen molar-refractivity contribution < 1.29 is 14.3 Å². The van der Waals surface area contributed by atoms with Gasteiger partial charge in [-0.3, -0.25) is 4.57 Å². The van der Waals surface area contributed by atoms with E-state index in [0.29, 0.717) is 18.8 Å². The number of aromatic nitrogens is 2. The molecule has 1 aromatic heterocycles. The van der Waals surface area contributed by atoms with Gasteiger partial charge in [0.05, 0.1) is 35.9 Å². The minimum atomic E-state index is -0.329. The first kappa shape index (κ1) is 21.0. The highest BCUT2D eigenvalue weighted by atomic mass is 16.5. The molecule has 6 nitrogen and oxygen atoms in total. The summed E-state index contributed by atoms with van der Waals surface area (Å²) in [6.07, 6.45) is 2.60. The summed E-state index contributed by atoms with van der Waals surface area (Å²) in [5, 5.41) is 3.42. The van der Waals surface area contributed by atoms with Gasteiger partial charge in [0.15, 0.2) is 0 Å². The van der Waals surface area contributed by atoms with Crippen molar-refractivity contribution >= 4 is 23.0 Å². The first-order chi connectivity index (χ1) is 15.2. The van der Waals surface area contributed by atoms with Crippen LogP contribution in [0.2, 0.25) is 0 Å². The summed E-state index contributed by atoms with van der Waals surface area (Å²) in [4.78, 5) is 18.0.